The van der Waals surface area contributed by atoms with Gasteiger partial charge in [-0.05, 0) is 45.4 Å². The van der Waals surface area contributed by atoms with Crippen molar-refractivity contribution in [2.45, 2.75) is 46.4 Å². The summed E-state index contributed by atoms with van der Waals surface area (Å²) in [6.45, 7) is 8.68. The molecule has 0 saturated heterocycles. The smallest absolute Gasteiger partial charge is 0.132 e. The number of rotatable bonds is 5. The zero-order valence-electron chi connectivity index (χ0n) is 12.6. The summed E-state index contributed by atoms with van der Waals surface area (Å²) in [4.78, 5) is 0. The zero-order valence-corrected chi connectivity index (χ0v) is 12.6. The molecule has 1 heterocycles. The zero-order chi connectivity index (χ0) is 14.7. The van der Waals surface area contributed by atoms with Gasteiger partial charge in [-0.2, -0.15) is 5.10 Å². The summed E-state index contributed by atoms with van der Waals surface area (Å²) in [6.07, 6.45) is 1.98. The van der Waals surface area contributed by atoms with Crippen LogP contribution in [0.5, 0.6) is 5.75 Å². The van der Waals surface area contributed by atoms with Crippen LogP contribution in [0.25, 0.3) is 0 Å². The fourth-order valence-corrected chi connectivity index (χ4v) is 2.04. The van der Waals surface area contributed by atoms with Crippen LogP contribution in [0, 0.1) is 6.92 Å². The molecule has 0 radical (unpaired) electrons. The summed E-state index contributed by atoms with van der Waals surface area (Å²) in [5, 5.41) is 4.48. The average Bonchev–Trinajstić information content (AvgIpc) is 2.85. The van der Waals surface area contributed by atoms with Crippen LogP contribution in [0.2, 0.25) is 0 Å². The maximum Gasteiger partial charge on any atom is 0.132 e. The van der Waals surface area contributed by atoms with Crippen molar-refractivity contribution in [3.8, 4) is 5.75 Å². The summed E-state index contributed by atoms with van der Waals surface area (Å²) in [5.74, 6) is 0.846. The number of hydrogen-bond donors (Lipinski definition) is 1. The predicted molar refractivity (Wildman–Crippen MR) is 80.7 cm³/mol. The second kappa shape index (κ2) is 6.09. The highest BCUT2D eigenvalue weighted by Crippen LogP contribution is 2.25. The molecule has 108 valence electrons. The summed E-state index contributed by atoms with van der Waals surface area (Å²) in [7, 11) is 0. The Balaban J connectivity index is 2.11. The van der Waals surface area contributed by atoms with Crippen LogP contribution >= 0.6 is 0 Å². The number of benzene rings is 1. The molecule has 4 heteroatoms. The van der Waals surface area contributed by atoms with E-state index in [1.807, 2.05) is 42.9 Å². The van der Waals surface area contributed by atoms with E-state index in [0.717, 1.165) is 22.6 Å². The number of nitrogens with two attached hydrogens (primary N) is 1. The lowest BCUT2D eigenvalue weighted by molar-refractivity contribution is 0.294. The highest BCUT2D eigenvalue weighted by molar-refractivity contribution is 5.39. The molecule has 20 heavy (non-hydrogen) atoms. The van der Waals surface area contributed by atoms with Crippen LogP contribution in [-0.2, 0) is 6.61 Å². The van der Waals surface area contributed by atoms with Crippen LogP contribution in [0.3, 0.4) is 0 Å². The average molecular weight is 273 g/mol. The summed E-state index contributed by atoms with van der Waals surface area (Å²) in [5.41, 5.74) is 9.10. The largest absolute Gasteiger partial charge is 0.487 e. The first-order chi connectivity index (χ1) is 9.47. The van der Waals surface area contributed by atoms with Crippen molar-refractivity contribution < 1.29 is 4.74 Å². The van der Waals surface area contributed by atoms with E-state index in [4.69, 9.17) is 10.5 Å². The molecule has 0 fully saturated rings. The van der Waals surface area contributed by atoms with Crippen LogP contribution in [-0.4, -0.2) is 9.78 Å². The fourth-order valence-electron chi connectivity index (χ4n) is 2.04. The summed E-state index contributed by atoms with van der Waals surface area (Å²) < 4.78 is 7.83. The minimum Gasteiger partial charge on any atom is -0.487 e. The van der Waals surface area contributed by atoms with Gasteiger partial charge < -0.3 is 10.5 Å². The number of aryl methyl sites for hydroxylation is 1. The molecule has 2 N–H and O–H groups in total. The Morgan fingerprint density at radius 1 is 1.25 bits per heavy atom. The van der Waals surface area contributed by atoms with Crippen molar-refractivity contribution in [2.75, 3.05) is 0 Å². The molecule has 0 amide bonds. The maximum absolute atomic E-state index is 5.98. The van der Waals surface area contributed by atoms with Crippen molar-refractivity contribution in [3.05, 3.63) is 47.3 Å². The SMILES string of the molecule is Cc1ccc([C@@H](C)N)c(OCc2ccn(C(C)C)n2)c1. The molecule has 0 aliphatic carbocycles. The maximum atomic E-state index is 5.98. The third-order valence-electron chi connectivity index (χ3n) is 3.23. The van der Waals surface area contributed by atoms with Gasteiger partial charge in [0.2, 0.25) is 0 Å². The van der Waals surface area contributed by atoms with Crippen LogP contribution in [0.15, 0.2) is 30.5 Å². The van der Waals surface area contributed by atoms with Crippen LogP contribution in [0.1, 0.15) is 49.7 Å². The van der Waals surface area contributed by atoms with Gasteiger partial charge >= 0.3 is 0 Å². The van der Waals surface area contributed by atoms with E-state index in [9.17, 15) is 0 Å². The number of aromatic nitrogens is 2. The van der Waals surface area contributed by atoms with Gasteiger partial charge in [-0.15, -0.1) is 0 Å². The van der Waals surface area contributed by atoms with E-state index in [0.29, 0.717) is 12.6 Å². The van der Waals surface area contributed by atoms with E-state index in [1.54, 1.807) is 0 Å². The van der Waals surface area contributed by atoms with Crippen LogP contribution in [0.4, 0.5) is 0 Å². The fraction of sp³-hybridized carbons (Fsp3) is 0.438. The van der Waals surface area contributed by atoms with E-state index < -0.39 is 0 Å². The van der Waals surface area contributed by atoms with Gasteiger partial charge in [-0.25, -0.2) is 0 Å². The minimum absolute atomic E-state index is 0.0428. The predicted octanol–water partition coefficient (Wildman–Crippen LogP) is 3.37. The molecule has 4 nitrogen and oxygen atoms in total. The molecule has 0 unspecified atom stereocenters. The van der Waals surface area contributed by atoms with Gasteiger partial charge in [0, 0.05) is 23.8 Å². The second-order valence-electron chi connectivity index (χ2n) is 5.50. The number of nitrogens with zero attached hydrogens (tertiary/aromatic N) is 2. The Labute approximate surface area is 120 Å². The standard InChI is InChI=1S/C16H23N3O/c1-11(2)19-8-7-14(18-19)10-20-16-9-12(3)5-6-15(16)13(4)17/h5-9,11,13H,10,17H2,1-4H3/t13-/m1/s1. The quantitative estimate of drug-likeness (QED) is 0.908. The van der Waals surface area contributed by atoms with Crippen molar-refractivity contribution in [1.29, 1.82) is 0 Å². The van der Waals surface area contributed by atoms with Gasteiger partial charge in [0.05, 0.1) is 5.69 Å². The third kappa shape index (κ3) is 3.39. The van der Waals surface area contributed by atoms with Crippen molar-refractivity contribution >= 4 is 0 Å². The molecule has 0 spiro atoms. The Morgan fingerprint density at radius 3 is 2.60 bits per heavy atom. The van der Waals surface area contributed by atoms with Gasteiger partial charge in [0.1, 0.15) is 12.4 Å². The van der Waals surface area contributed by atoms with Gasteiger partial charge in [0.25, 0.3) is 0 Å². The number of ether oxygens (including phenoxy) is 1. The molecular formula is C16H23N3O. The van der Waals surface area contributed by atoms with Crippen LogP contribution < -0.4 is 10.5 Å². The Morgan fingerprint density at radius 2 is 2.00 bits per heavy atom. The molecule has 2 rings (SSSR count). The summed E-state index contributed by atoms with van der Waals surface area (Å²) >= 11 is 0. The molecule has 1 aromatic carbocycles. The van der Waals surface area contributed by atoms with Crippen molar-refractivity contribution in [1.82, 2.24) is 9.78 Å². The van der Waals surface area contributed by atoms with E-state index in [-0.39, 0.29) is 6.04 Å². The molecule has 0 aliphatic heterocycles. The molecule has 1 atom stereocenters. The Hall–Kier alpha value is -1.81. The Bertz CT molecular complexity index is 573. The highest BCUT2D eigenvalue weighted by Gasteiger charge is 2.09. The first-order valence-corrected chi connectivity index (χ1v) is 7.00. The lowest BCUT2D eigenvalue weighted by Crippen LogP contribution is -2.09. The Kier molecular flexibility index (Phi) is 4.45. The first-order valence-electron chi connectivity index (χ1n) is 7.00. The summed E-state index contributed by atoms with van der Waals surface area (Å²) in [6, 6.07) is 8.42. The van der Waals surface area contributed by atoms with Gasteiger partial charge in [-0.1, -0.05) is 12.1 Å². The molecule has 0 saturated carbocycles. The minimum atomic E-state index is -0.0428. The van der Waals surface area contributed by atoms with Crippen molar-refractivity contribution in [3.63, 3.8) is 0 Å². The second-order valence-corrected chi connectivity index (χ2v) is 5.50. The van der Waals surface area contributed by atoms with Crippen molar-refractivity contribution in [2.24, 2.45) is 5.73 Å². The highest BCUT2D eigenvalue weighted by atomic mass is 16.5. The lowest BCUT2D eigenvalue weighted by Gasteiger charge is -2.14. The normalized spacial score (nSPS) is 12.7. The molecule has 0 aliphatic rings. The number of hydrogen-bond acceptors (Lipinski definition) is 3. The third-order valence-corrected chi connectivity index (χ3v) is 3.23. The topological polar surface area (TPSA) is 53.1 Å². The molecule has 0 bridgehead atoms. The molecule has 1 aromatic heterocycles. The van der Waals surface area contributed by atoms with Gasteiger partial charge in [-0.3, -0.25) is 4.68 Å². The van der Waals surface area contributed by atoms with E-state index >= 15 is 0 Å². The lowest BCUT2D eigenvalue weighted by atomic mass is 10.1. The first kappa shape index (κ1) is 14.6. The van der Waals surface area contributed by atoms with E-state index in [2.05, 4.69) is 25.0 Å². The molecular weight excluding hydrogens is 250 g/mol. The molecule has 2 aromatic rings. The van der Waals surface area contributed by atoms with Gasteiger partial charge in [0.15, 0.2) is 0 Å². The monoisotopic (exact) mass is 273 g/mol. The van der Waals surface area contributed by atoms with E-state index in [1.165, 1.54) is 0 Å².